The zero-order valence-corrected chi connectivity index (χ0v) is 16.7. The molecule has 0 radical (unpaired) electrons. The predicted octanol–water partition coefficient (Wildman–Crippen LogP) is 3.73. The lowest BCUT2D eigenvalue weighted by molar-refractivity contribution is 0.223. The number of benzene rings is 1. The van der Waals surface area contributed by atoms with Crippen LogP contribution in [-0.2, 0) is 6.54 Å². The van der Waals surface area contributed by atoms with Crippen LogP contribution in [0.15, 0.2) is 52.1 Å². The van der Waals surface area contributed by atoms with Crippen molar-refractivity contribution in [2.45, 2.75) is 33.4 Å². The molecule has 132 valence electrons. The molecule has 0 amide bonds. The number of halogens is 1. The van der Waals surface area contributed by atoms with Crippen molar-refractivity contribution in [3.8, 4) is 5.75 Å². The van der Waals surface area contributed by atoms with Gasteiger partial charge >= 0.3 is 0 Å². The molecule has 1 aromatic carbocycles. The molecule has 1 atom stereocenters. The number of nitrogens with zero attached hydrogens (tertiary/aromatic N) is 1. The lowest BCUT2D eigenvalue weighted by Gasteiger charge is -2.17. The Bertz CT molecular complexity index is 614. The van der Waals surface area contributed by atoms with Crippen molar-refractivity contribution in [1.82, 2.24) is 10.6 Å². The first kappa shape index (κ1) is 20.3. The second-order valence-electron chi connectivity index (χ2n) is 5.40. The van der Waals surface area contributed by atoms with Crippen LogP contribution in [-0.4, -0.2) is 25.2 Å². The summed E-state index contributed by atoms with van der Waals surface area (Å²) in [5.41, 5.74) is 1.19. The van der Waals surface area contributed by atoms with Gasteiger partial charge in [-0.05, 0) is 50.6 Å². The fourth-order valence-electron chi connectivity index (χ4n) is 2.10. The van der Waals surface area contributed by atoms with Crippen LogP contribution in [0.3, 0.4) is 0 Å². The van der Waals surface area contributed by atoms with Gasteiger partial charge in [-0.2, -0.15) is 0 Å². The molecule has 2 aromatic rings. The minimum absolute atomic E-state index is 0. The largest absolute Gasteiger partial charge is 0.489 e. The second kappa shape index (κ2) is 11.0. The highest BCUT2D eigenvalue weighted by molar-refractivity contribution is 14.0. The molecular formula is C18H26IN3O2. The number of guanidine groups is 1. The highest BCUT2D eigenvalue weighted by Crippen LogP contribution is 2.13. The Kier molecular flexibility index (Phi) is 9.29. The van der Waals surface area contributed by atoms with E-state index in [1.165, 1.54) is 5.56 Å². The summed E-state index contributed by atoms with van der Waals surface area (Å²) >= 11 is 0. The van der Waals surface area contributed by atoms with Gasteiger partial charge in [-0.25, -0.2) is 4.99 Å². The van der Waals surface area contributed by atoms with Crippen LogP contribution in [0.2, 0.25) is 0 Å². The third kappa shape index (κ3) is 7.25. The van der Waals surface area contributed by atoms with E-state index >= 15 is 0 Å². The van der Waals surface area contributed by atoms with E-state index in [9.17, 15) is 0 Å². The van der Waals surface area contributed by atoms with Crippen molar-refractivity contribution in [1.29, 1.82) is 0 Å². The number of hydrogen-bond donors (Lipinski definition) is 2. The quantitative estimate of drug-likeness (QED) is 0.389. The van der Waals surface area contributed by atoms with Gasteiger partial charge in [0.25, 0.3) is 0 Å². The van der Waals surface area contributed by atoms with Gasteiger partial charge in [0.05, 0.1) is 12.8 Å². The fraction of sp³-hybridized carbons (Fsp3) is 0.389. The molecule has 2 N–H and O–H groups in total. The van der Waals surface area contributed by atoms with Gasteiger partial charge in [-0.1, -0.05) is 12.1 Å². The lowest BCUT2D eigenvalue weighted by Crippen LogP contribution is -2.41. The summed E-state index contributed by atoms with van der Waals surface area (Å²) in [5.74, 6) is 2.48. The molecule has 0 spiro atoms. The Labute approximate surface area is 160 Å². The molecule has 0 bridgehead atoms. The standard InChI is InChI=1S/C18H25N3O2.HI/c1-4-19-18(21-13-17-9-6-10-22-17)20-12-15(3)23-16-8-5-7-14(2)11-16;/h5-11,15H,4,12-13H2,1-3H3,(H2,19,20,21);1H. The Morgan fingerprint density at radius 3 is 2.75 bits per heavy atom. The monoisotopic (exact) mass is 443 g/mol. The molecule has 0 aliphatic rings. The zero-order valence-electron chi connectivity index (χ0n) is 14.4. The highest BCUT2D eigenvalue weighted by atomic mass is 127. The van der Waals surface area contributed by atoms with E-state index in [1.807, 2.05) is 44.2 Å². The Morgan fingerprint density at radius 1 is 1.25 bits per heavy atom. The van der Waals surface area contributed by atoms with Crippen molar-refractivity contribution >= 4 is 29.9 Å². The fourth-order valence-corrected chi connectivity index (χ4v) is 2.10. The molecule has 0 aliphatic carbocycles. The van der Waals surface area contributed by atoms with E-state index in [1.54, 1.807) is 6.26 Å². The number of hydrogen-bond acceptors (Lipinski definition) is 3. The maximum absolute atomic E-state index is 5.91. The van der Waals surface area contributed by atoms with Crippen LogP contribution >= 0.6 is 24.0 Å². The maximum Gasteiger partial charge on any atom is 0.191 e. The molecule has 1 unspecified atom stereocenters. The molecule has 0 fully saturated rings. The van der Waals surface area contributed by atoms with Crippen LogP contribution in [0.25, 0.3) is 0 Å². The van der Waals surface area contributed by atoms with Gasteiger partial charge < -0.3 is 19.8 Å². The van der Waals surface area contributed by atoms with Crippen LogP contribution < -0.4 is 15.4 Å². The Balaban J connectivity index is 0.00000288. The zero-order chi connectivity index (χ0) is 16.5. The van der Waals surface area contributed by atoms with E-state index in [4.69, 9.17) is 9.15 Å². The summed E-state index contributed by atoms with van der Waals surface area (Å²) in [5, 5.41) is 6.51. The summed E-state index contributed by atoms with van der Waals surface area (Å²) in [4.78, 5) is 4.49. The minimum atomic E-state index is 0. The summed E-state index contributed by atoms with van der Waals surface area (Å²) < 4.78 is 11.2. The molecule has 0 saturated heterocycles. The van der Waals surface area contributed by atoms with Crippen molar-refractivity contribution in [2.24, 2.45) is 4.99 Å². The Hall–Kier alpha value is -1.70. The molecule has 0 saturated carbocycles. The number of aryl methyl sites for hydroxylation is 1. The van der Waals surface area contributed by atoms with Crippen LogP contribution in [0.4, 0.5) is 0 Å². The Morgan fingerprint density at radius 2 is 2.08 bits per heavy atom. The first-order valence-corrected chi connectivity index (χ1v) is 7.95. The SMILES string of the molecule is CCNC(=NCc1ccco1)NCC(C)Oc1cccc(C)c1.I. The number of aliphatic imine (C=N–C) groups is 1. The smallest absolute Gasteiger partial charge is 0.191 e. The molecule has 1 aromatic heterocycles. The van der Waals surface area contributed by atoms with Crippen LogP contribution in [0, 0.1) is 6.92 Å². The van der Waals surface area contributed by atoms with Crippen molar-refractivity contribution < 1.29 is 9.15 Å². The van der Waals surface area contributed by atoms with Crippen molar-refractivity contribution in [2.75, 3.05) is 13.1 Å². The number of ether oxygens (including phenoxy) is 1. The first-order valence-electron chi connectivity index (χ1n) is 7.95. The number of rotatable bonds is 7. The predicted molar refractivity (Wildman–Crippen MR) is 108 cm³/mol. The summed E-state index contributed by atoms with van der Waals surface area (Å²) in [6.07, 6.45) is 1.69. The molecule has 6 heteroatoms. The van der Waals surface area contributed by atoms with E-state index in [2.05, 4.69) is 28.6 Å². The summed E-state index contributed by atoms with van der Waals surface area (Å²) in [6.45, 7) is 8.10. The molecule has 5 nitrogen and oxygen atoms in total. The molecule has 2 rings (SSSR count). The van der Waals surface area contributed by atoms with Gasteiger partial charge in [0.15, 0.2) is 5.96 Å². The number of furan rings is 1. The van der Waals surface area contributed by atoms with Crippen molar-refractivity contribution in [3.63, 3.8) is 0 Å². The van der Waals surface area contributed by atoms with Gasteiger partial charge in [0.1, 0.15) is 24.2 Å². The normalized spacial score (nSPS) is 12.2. The van der Waals surface area contributed by atoms with E-state index in [0.29, 0.717) is 13.1 Å². The minimum Gasteiger partial charge on any atom is -0.489 e. The summed E-state index contributed by atoms with van der Waals surface area (Å²) in [6, 6.07) is 11.8. The second-order valence-corrected chi connectivity index (χ2v) is 5.40. The van der Waals surface area contributed by atoms with Crippen molar-refractivity contribution in [3.05, 3.63) is 54.0 Å². The van der Waals surface area contributed by atoms with Gasteiger partial charge in [0, 0.05) is 6.54 Å². The maximum atomic E-state index is 5.91. The van der Waals surface area contributed by atoms with E-state index in [-0.39, 0.29) is 30.1 Å². The topological polar surface area (TPSA) is 58.8 Å². The highest BCUT2D eigenvalue weighted by Gasteiger charge is 2.06. The van der Waals surface area contributed by atoms with Crippen LogP contribution in [0.1, 0.15) is 25.2 Å². The van der Waals surface area contributed by atoms with E-state index < -0.39 is 0 Å². The van der Waals surface area contributed by atoms with Gasteiger partial charge in [0.2, 0.25) is 0 Å². The van der Waals surface area contributed by atoms with Gasteiger partial charge in [-0.3, -0.25) is 0 Å². The summed E-state index contributed by atoms with van der Waals surface area (Å²) in [7, 11) is 0. The molecular weight excluding hydrogens is 417 g/mol. The number of nitrogens with one attached hydrogen (secondary N) is 2. The third-order valence-corrected chi connectivity index (χ3v) is 3.20. The molecule has 0 aliphatic heterocycles. The van der Waals surface area contributed by atoms with E-state index in [0.717, 1.165) is 24.0 Å². The lowest BCUT2D eigenvalue weighted by atomic mass is 10.2. The first-order chi connectivity index (χ1) is 11.2. The third-order valence-electron chi connectivity index (χ3n) is 3.20. The average Bonchev–Trinajstić information content (AvgIpc) is 3.03. The molecule has 24 heavy (non-hydrogen) atoms. The molecule has 1 heterocycles. The average molecular weight is 443 g/mol. The van der Waals surface area contributed by atoms with Crippen LogP contribution in [0.5, 0.6) is 5.75 Å². The van der Waals surface area contributed by atoms with Gasteiger partial charge in [-0.15, -0.1) is 24.0 Å².